The number of phenols is 1. The molecule has 2 N–H and O–H groups in total. The maximum absolute atomic E-state index is 12.2. The molecule has 0 unspecified atom stereocenters. The van der Waals surface area contributed by atoms with Crippen molar-refractivity contribution in [1.29, 1.82) is 0 Å². The molecule has 0 bridgehead atoms. The third-order valence-corrected chi connectivity index (χ3v) is 4.49. The average molecular weight is 270 g/mol. The lowest BCUT2D eigenvalue weighted by Gasteiger charge is -2.30. The van der Waals surface area contributed by atoms with Gasteiger partial charge in [0.1, 0.15) is 5.75 Å². The predicted octanol–water partition coefficient (Wildman–Crippen LogP) is 1.39. The van der Waals surface area contributed by atoms with Gasteiger partial charge >= 0.3 is 10.2 Å². The lowest BCUT2D eigenvalue weighted by Crippen LogP contribution is -2.43. The van der Waals surface area contributed by atoms with Crippen LogP contribution in [0.5, 0.6) is 5.75 Å². The molecule has 18 heavy (non-hydrogen) atoms. The number of aryl methyl sites for hydroxylation is 1. The molecule has 0 spiro atoms. The van der Waals surface area contributed by atoms with E-state index in [1.165, 1.54) is 10.4 Å². The average Bonchev–Trinajstić information content (AvgIpc) is 2.36. The minimum absolute atomic E-state index is 0.0223. The number of anilines is 1. The van der Waals surface area contributed by atoms with Crippen LogP contribution < -0.4 is 9.03 Å². The van der Waals surface area contributed by atoms with Gasteiger partial charge in [0, 0.05) is 13.1 Å². The summed E-state index contributed by atoms with van der Waals surface area (Å²) < 4.78 is 28.1. The Morgan fingerprint density at radius 1 is 1.44 bits per heavy atom. The van der Waals surface area contributed by atoms with E-state index in [2.05, 4.69) is 4.72 Å². The Balaban J connectivity index is 2.38. The van der Waals surface area contributed by atoms with Crippen LogP contribution in [0.15, 0.2) is 18.2 Å². The molecule has 1 aliphatic heterocycles. The number of fused-ring (bicyclic) bond motifs is 1. The number of hydrogen-bond donors (Lipinski definition) is 2. The summed E-state index contributed by atoms with van der Waals surface area (Å²) in [7, 11) is -3.56. The van der Waals surface area contributed by atoms with Crippen LogP contribution >= 0.6 is 0 Å². The van der Waals surface area contributed by atoms with E-state index in [4.69, 9.17) is 0 Å². The van der Waals surface area contributed by atoms with Crippen LogP contribution in [0.1, 0.15) is 25.3 Å². The van der Waals surface area contributed by atoms with Crippen molar-refractivity contribution in [2.45, 2.75) is 26.2 Å². The number of hydrogen-bond acceptors (Lipinski definition) is 3. The zero-order chi connectivity index (χ0) is 13.2. The monoisotopic (exact) mass is 270 g/mol. The van der Waals surface area contributed by atoms with Gasteiger partial charge in [-0.2, -0.15) is 13.1 Å². The first-order valence-electron chi connectivity index (χ1n) is 6.14. The molecule has 0 saturated carbocycles. The van der Waals surface area contributed by atoms with Crippen molar-refractivity contribution in [3.8, 4) is 5.75 Å². The molecule has 0 atom stereocenters. The Labute approximate surface area is 108 Å². The van der Waals surface area contributed by atoms with E-state index in [0.29, 0.717) is 18.8 Å². The standard InChI is InChI=1S/C12H18N2O3S/c1-2-8-13-18(16,17)14-9-4-6-10-5-3-7-11(15)12(10)14/h3,5,7,13,15H,2,4,6,8-9H2,1H3. The molecule has 6 heteroatoms. The van der Waals surface area contributed by atoms with Crippen LogP contribution in [-0.4, -0.2) is 26.6 Å². The molecule has 1 aromatic carbocycles. The highest BCUT2D eigenvalue weighted by Gasteiger charge is 2.29. The normalized spacial score (nSPS) is 15.5. The number of para-hydroxylation sites is 1. The molecular weight excluding hydrogens is 252 g/mol. The Kier molecular flexibility index (Phi) is 3.77. The van der Waals surface area contributed by atoms with Gasteiger partial charge in [-0.25, -0.2) is 0 Å². The van der Waals surface area contributed by atoms with E-state index in [9.17, 15) is 13.5 Å². The zero-order valence-electron chi connectivity index (χ0n) is 10.4. The van der Waals surface area contributed by atoms with Crippen LogP contribution in [0.25, 0.3) is 0 Å². The summed E-state index contributed by atoms with van der Waals surface area (Å²) in [5, 5.41) is 9.88. The van der Waals surface area contributed by atoms with E-state index < -0.39 is 10.2 Å². The van der Waals surface area contributed by atoms with Gasteiger partial charge in [0.2, 0.25) is 0 Å². The van der Waals surface area contributed by atoms with Crippen molar-refractivity contribution >= 4 is 15.9 Å². The summed E-state index contributed by atoms with van der Waals surface area (Å²) in [6.07, 6.45) is 2.30. The maximum atomic E-state index is 12.2. The summed E-state index contributed by atoms with van der Waals surface area (Å²) in [6.45, 7) is 2.72. The van der Waals surface area contributed by atoms with E-state index in [1.807, 2.05) is 13.0 Å². The van der Waals surface area contributed by atoms with Crippen LogP contribution in [0.3, 0.4) is 0 Å². The van der Waals surface area contributed by atoms with Crippen molar-refractivity contribution < 1.29 is 13.5 Å². The highest BCUT2D eigenvalue weighted by atomic mass is 32.2. The molecule has 0 fully saturated rings. The summed E-state index contributed by atoms with van der Waals surface area (Å²) in [4.78, 5) is 0. The Bertz CT molecular complexity index is 528. The smallest absolute Gasteiger partial charge is 0.301 e. The summed E-state index contributed by atoms with van der Waals surface area (Å²) in [5.74, 6) is 0.0223. The second kappa shape index (κ2) is 5.16. The minimum Gasteiger partial charge on any atom is -0.506 e. The molecule has 0 saturated heterocycles. The molecule has 100 valence electrons. The van der Waals surface area contributed by atoms with Gasteiger partial charge in [-0.05, 0) is 30.9 Å². The molecule has 2 rings (SSSR count). The predicted molar refractivity (Wildman–Crippen MR) is 71.0 cm³/mol. The largest absolute Gasteiger partial charge is 0.506 e. The number of nitrogens with zero attached hydrogens (tertiary/aromatic N) is 1. The van der Waals surface area contributed by atoms with Gasteiger partial charge in [-0.3, -0.25) is 4.31 Å². The summed E-state index contributed by atoms with van der Waals surface area (Å²) >= 11 is 0. The van der Waals surface area contributed by atoms with Gasteiger partial charge in [0.25, 0.3) is 0 Å². The highest BCUT2D eigenvalue weighted by Crippen LogP contribution is 2.36. The first kappa shape index (κ1) is 13.2. The maximum Gasteiger partial charge on any atom is 0.301 e. The van der Waals surface area contributed by atoms with Crippen LogP contribution in [-0.2, 0) is 16.6 Å². The second-order valence-corrected chi connectivity index (χ2v) is 6.04. The summed E-state index contributed by atoms with van der Waals surface area (Å²) in [6, 6.07) is 5.12. The fourth-order valence-corrected chi connectivity index (χ4v) is 3.58. The molecule has 5 nitrogen and oxygen atoms in total. The number of rotatable bonds is 4. The number of nitrogens with one attached hydrogen (secondary N) is 1. The van der Waals surface area contributed by atoms with Gasteiger partial charge in [0.15, 0.2) is 0 Å². The van der Waals surface area contributed by atoms with Crippen molar-refractivity contribution in [1.82, 2.24) is 4.72 Å². The van der Waals surface area contributed by atoms with Crippen LogP contribution in [0.4, 0.5) is 5.69 Å². The van der Waals surface area contributed by atoms with Gasteiger partial charge in [-0.15, -0.1) is 0 Å². The van der Waals surface area contributed by atoms with Crippen molar-refractivity contribution in [3.63, 3.8) is 0 Å². The van der Waals surface area contributed by atoms with Crippen molar-refractivity contribution in [2.75, 3.05) is 17.4 Å². The lowest BCUT2D eigenvalue weighted by atomic mass is 10.0. The molecule has 1 aromatic rings. The first-order chi connectivity index (χ1) is 8.56. The van der Waals surface area contributed by atoms with Crippen molar-refractivity contribution in [2.24, 2.45) is 0 Å². The number of benzene rings is 1. The fraction of sp³-hybridized carbons (Fsp3) is 0.500. The van der Waals surface area contributed by atoms with Crippen LogP contribution in [0.2, 0.25) is 0 Å². The molecule has 0 amide bonds. The number of aromatic hydroxyl groups is 1. The molecule has 0 radical (unpaired) electrons. The topological polar surface area (TPSA) is 69.6 Å². The van der Waals surface area contributed by atoms with Gasteiger partial charge < -0.3 is 5.11 Å². The van der Waals surface area contributed by atoms with Gasteiger partial charge in [0.05, 0.1) is 5.69 Å². The Morgan fingerprint density at radius 3 is 2.94 bits per heavy atom. The van der Waals surface area contributed by atoms with Gasteiger partial charge in [-0.1, -0.05) is 19.1 Å². The van der Waals surface area contributed by atoms with Crippen molar-refractivity contribution in [3.05, 3.63) is 23.8 Å². The Hall–Kier alpha value is -1.27. The molecule has 1 aliphatic rings. The van der Waals surface area contributed by atoms with E-state index >= 15 is 0 Å². The zero-order valence-corrected chi connectivity index (χ0v) is 11.2. The third kappa shape index (κ3) is 2.44. The summed E-state index contributed by atoms with van der Waals surface area (Å²) in [5.41, 5.74) is 1.30. The Morgan fingerprint density at radius 2 is 2.22 bits per heavy atom. The molecule has 0 aromatic heterocycles. The highest BCUT2D eigenvalue weighted by molar-refractivity contribution is 7.90. The lowest BCUT2D eigenvalue weighted by molar-refractivity contribution is 0.472. The SMILES string of the molecule is CCCNS(=O)(=O)N1CCCc2cccc(O)c21. The third-order valence-electron chi connectivity index (χ3n) is 2.98. The number of phenolic OH excluding ortho intramolecular Hbond substituents is 1. The van der Waals surface area contributed by atoms with E-state index in [-0.39, 0.29) is 5.75 Å². The second-order valence-electron chi connectivity index (χ2n) is 4.36. The quantitative estimate of drug-likeness (QED) is 0.868. The molecule has 1 heterocycles. The molecular formula is C12H18N2O3S. The van der Waals surface area contributed by atoms with E-state index in [0.717, 1.165) is 24.8 Å². The first-order valence-corrected chi connectivity index (χ1v) is 7.58. The molecule has 0 aliphatic carbocycles. The van der Waals surface area contributed by atoms with E-state index in [1.54, 1.807) is 6.07 Å². The van der Waals surface area contributed by atoms with Crippen LogP contribution in [0, 0.1) is 0 Å². The fourth-order valence-electron chi connectivity index (χ4n) is 2.14. The minimum atomic E-state index is -3.56.